The number of carbonyl (C=O) groups is 1. The Hall–Kier alpha value is -0.983. The molecule has 5 nitrogen and oxygen atoms in total. The third-order valence-electron chi connectivity index (χ3n) is 4.25. The molecule has 0 N–H and O–H groups in total. The third-order valence-corrected chi connectivity index (χ3v) is 9.07. The topological polar surface area (TPSA) is 55.3 Å². The Kier molecular flexibility index (Phi) is 6.12. The van der Waals surface area contributed by atoms with E-state index in [1.54, 1.807) is 18.9 Å². The fourth-order valence-electron chi connectivity index (χ4n) is 1.63. The smallest absolute Gasteiger partial charge is 0.258 e. The van der Waals surface area contributed by atoms with Gasteiger partial charge in [-0.15, -0.1) is 0 Å². The fourth-order valence-corrected chi connectivity index (χ4v) is 2.93. The van der Waals surface area contributed by atoms with Crippen LogP contribution in [-0.4, -0.2) is 49.3 Å². The predicted octanol–water partition coefficient (Wildman–Crippen LogP) is 3.53. The molecular weight excluding hydrogens is 318 g/mol. The van der Waals surface area contributed by atoms with E-state index in [4.69, 9.17) is 16.0 Å². The Morgan fingerprint density at radius 3 is 2.45 bits per heavy atom. The molecule has 0 radical (unpaired) electrons. The van der Waals surface area contributed by atoms with E-state index in [1.165, 1.54) is 6.33 Å². The molecule has 0 fully saturated rings. The molecule has 0 saturated heterocycles. The maximum absolute atomic E-state index is 12.5. The predicted molar refractivity (Wildman–Crippen MR) is 91.9 cm³/mol. The first kappa shape index (κ1) is 19.1. The summed E-state index contributed by atoms with van der Waals surface area (Å²) < 4.78 is 6.09. The largest absolute Gasteiger partial charge is 0.415 e. The van der Waals surface area contributed by atoms with Gasteiger partial charge in [0.25, 0.3) is 5.91 Å². The van der Waals surface area contributed by atoms with Gasteiger partial charge in [0.2, 0.25) is 0 Å². The summed E-state index contributed by atoms with van der Waals surface area (Å²) in [7, 11) is -0.0601. The fraction of sp³-hybridized carbons (Fsp3) is 0.667. The molecule has 7 heteroatoms. The Morgan fingerprint density at radius 1 is 1.36 bits per heavy atom. The van der Waals surface area contributed by atoms with E-state index >= 15 is 0 Å². The first-order valence-corrected chi connectivity index (χ1v) is 10.6. The Labute approximate surface area is 139 Å². The van der Waals surface area contributed by atoms with Crippen molar-refractivity contribution in [3.63, 3.8) is 0 Å². The second-order valence-corrected chi connectivity index (χ2v) is 12.1. The van der Waals surface area contributed by atoms with Gasteiger partial charge in [-0.25, -0.2) is 9.97 Å². The molecule has 1 aromatic heterocycles. The van der Waals surface area contributed by atoms with E-state index in [2.05, 4.69) is 43.8 Å². The SMILES string of the molecule is Cc1ncnc(Cl)c1C(=O)N(C)CCO[Si](C)(C)C(C)(C)C. The standard InChI is InChI=1S/C15H26ClN3O2Si/c1-11-12(13(16)18-10-17-11)14(20)19(5)8-9-21-22(6,7)15(2,3)4/h10H,8-9H2,1-7H3. The van der Waals surface area contributed by atoms with Crippen molar-refractivity contribution in [3.05, 3.63) is 22.7 Å². The lowest BCUT2D eigenvalue weighted by molar-refractivity contribution is 0.0768. The molecule has 0 aromatic carbocycles. The van der Waals surface area contributed by atoms with Gasteiger partial charge in [-0.1, -0.05) is 32.4 Å². The van der Waals surface area contributed by atoms with Gasteiger partial charge in [-0.2, -0.15) is 0 Å². The van der Waals surface area contributed by atoms with Crippen molar-refractivity contribution >= 4 is 25.8 Å². The average Bonchev–Trinajstić information content (AvgIpc) is 2.36. The molecule has 1 aromatic rings. The van der Waals surface area contributed by atoms with Crippen molar-refractivity contribution < 1.29 is 9.22 Å². The van der Waals surface area contributed by atoms with Crippen LogP contribution in [0.5, 0.6) is 0 Å². The molecule has 0 unspecified atom stereocenters. The van der Waals surface area contributed by atoms with Crippen molar-refractivity contribution in [2.24, 2.45) is 0 Å². The van der Waals surface area contributed by atoms with E-state index in [0.29, 0.717) is 24.4 Å². The molecule has 0 saturated carbocycles. The van der Waals surface area contributed by atoms with Crippen LogP contribution >= 0.6 is 11.6 Å². The first-order chi connectivity index (χ1) is 9.97. The molecule has 1 amide bonds. The van der Waals surface area contributed by atoms with Gasteiger partial charge in [-0.3, -0.25) is 4.79 Å². The highest BCUT2D eigenvalue weighted by Gasteiger charge is 2.37. The summed E-state index contributed by atoms with van der Waals surface area (Å²) in [6.07, 6.45) is 1.36. The minimum Gasteiger partial charge on any atom is -0.415 e. The molecular formula is C15H26ClN3O2Si. The normalized spacial score (nSPS) is 12.4. The van der Waals surface area contributed by atoms with Crippen molar-refractivity contribution in [1.29, 1.82) is 0 Å². The molecule has 124 valence electrons. The molecule has 0 aliphatic carbocycles. The minimum atomic E-state index is -1.80. The number of hydrogen-bond acceptors (Lipinski definition) is 4. The molecule has 0 atom stereocenters. The maximum atomic E-state index is 12.5. The number of aromatic nitrogens is 2. The van der Waals surface area contributed by atoms with E-state index in [-0.39, 0.29) is 16.1 Å². The lowest BCUT2D eigenvalue weighted by Crippen LogP contribution is -2.43. The number of carbonyl (C=O) groups excluding carboxylic acids is 1. The van der Waals surface area contributed by atoms with Gasteiger partial charge in [0.05, 0.1) is 17.9 Å². The highest BCUT2D eigenvalue weighted by molar-refractivity contribution is 6.74. The van der Waals surface area contributed by atoms with Crippen LogP contribution < -0.4 is 0 Å². The number of hydrogen-bond donors (Lipinski definition) is 0. The van der Waals surface area contributed by atoms with E-state index < -0.39 is 8.32 Å². The quantitative estimate of drug-likeness (QED) is 0.606. The van der Waals surface area contributed by atoms with Crippen LogP contribution in [-0.2, 0) is 4.43 Å². The summed E-state index contributed by atoms with van der Waals surface area (Å²) in [6, 6.07) is 0. The Morgan fingerprint density at radius 2 is 1.95 bits per heavy atom. The number of rotatable bonds is 5. The van der Waals surface area contributed by atoms with Crippen molar-refractivity contribution in [3.8, 4) is 0 Å². The van der Waals surface area contributed by atoms with Crippen LogP contribution in [0.25, 0.3) is 0 Å². The van der Waals surface area contributed by atoms with Gasteiger partial charge in [-0.05, 0) is 25.1 Å². The highest BCUT2D eigenvalue weighted by Crippen LogP contribution is 2.36. The second-order valence-electron chi connectivity index (χ2n) is 6.96. The van der Waals surface area contributed by atoms with Crippen molar-refractivity contribution in [2.75, 3.05) is 20.2 Å². The van der Waals surface area contributed by atoms with Gasteiger partial charge in [0, 0.05) is 13.6 Å². The van der Waals surface area contributed by atoms with Crippen LogP contribution in [0.2, 0.25) is 23.3 Å². The zero-order chi connectivity index (χ0) is 17.1. The minimum absolute atomic E-state index is 0.156. The summed E-state index contributed by atoms with van der Waals surface area (Å²) in [4.78, 5) is 22.0. The number of aryl methyl sites for hydroxylation is 1. The molecule has 0 aliphatic heterocycles. The van der Waals surface area contributed by atoms with Crippen LogP contribution in [0, 0.1) is 6.92 Å². The van der Waals surface area contributed by atoms with Gasteiger partial charge in [0.1, 0.15) is 11.5 Å². The Balaban J connectivity index is 2.67. The van der Waals surface area contributed by atoms with Crippen molar-refractivity contribution in [1.82, 2.24) is 14.9 Å². The zero-order valence-corrected chi connectivity index (χ0v) is 16.3. The van der Waals surface area contributed by atoms with E-state index in [9.17, 15) is 4.79 Å². The monoisotopic (exact) mass is 343 g/mol. The molecule has 1 rings (SSSR count). The Bertz CT molecular complexity index is 524. The second kappa shape index (κ2) is 7.06. The molecule has 0 bridgehead atoms. The van der Waals surface area contributed by atoms with Crippen LogP contribution in [0.1, 0.15) is 36.8 Å². The van der Waals surface area contributed by atoms with Gasteiger partial charge < -0.3 is 9.33 Å². The lowest BCUT2D eigenvalue weighted by atomic mass is 10.2. The number of halogens is 1. The highest BCUT2D eigenvalue weighted by atomic mass is 35.5. The number of nitrogens with zero attached hydrogens (tertiary/aromatic N) is 3. The molecule has 0 aliphatic rings. The van der Waals surface area contributed by atoms with Gasteiger partial charge >= 0.3 is 0 Å². The zero-order valence-electron chi connectivity index (χ0n) is 14.5. The van der Waals surface area contributed by atoms with E-state index in [1.807, 2.05) is 0 Å². The number of likely N-dealkylation sites (N-methyl/N-ethyl adjacent to an activating group) is 1. The summed E-state index contributed by atoms with van der Waals surface area (Å²) in [6.45, 7) is 13.7. The number of amides is 1. The summed E-state index contributed by atoms with van der Waals surface area (Å²) in [5.74, 6) is -0.179. The summed E-state index contributed by atoms with van der Waals surface area (Å²) >= 11 is 6.01. The van der Waals surface area contributed by atoms with Crippen molar-refractivity contribution in [2.45, 2.75) is 45.8 Å². The van der Waals surface area contributed by atoms with Crippen LogP contribution in [0.3, 0.4) is 0 Å². The maximum Gasteiger partial charge on any atom is 0.258 e. The van der Waals surface area contributed by atoms with E-state index in [0.717, 1.165) is 0 Å². The average molecular weight is 344 g/mol. The first-order valence-electron chi connectivity index (χ1n) is 7.34. The molecule has 22 heavy (non-hydrogen) atoms. The van der Waals surface area contributed by atoms with Crippen LogP contribution in [0.4, 0.5) is 0 Å². The molecule has 1 heterocycles. The van der Waals surface area contributed by atoms with Crippen LogP contribution in [0.15, 0.2) is 6.33 Å². The molecule has 0 spiro atoms. The van der Waals surface area contributed by atoms with Gasteiger partial charge in [0.15, 0.2) is 8.32 Å². The third kappa shape index (κ3) is 4.51. The summed E-state index contributed by atoms with van der Waals surface area (Å²) in [5.41, 5.74) is 0.946. The summed E-state index contributed by atoms with van der Waals surface area (Å²) in [5, 5.41) is 0.345. The lowest BCUT2D eigenvalue weighted by Gasteiger charge is -2.36.